The third-order valence-corrected chi connectivity index (χ3v) is 6.57. The number of ether oxygens (including phenoxy) is 2. The second kappa shape index (κ2) is 11.9. The Labute approximate surface area is 213 Å². The van der Waals surface area contributed by atoms with E-state index in [9.17, 15) is 9.59 Å². The predicted molar refractivity (Wildman–Crippen MR) is 140 cm³/mol. The van der Waals surface area contributed by atoms with Crippen LogP contribution in [0.1, 0.15) is 51.5 Å². The summed E-state index contributed by atoms with van der Waals surface area (Å²) in [6, 6.07) is 22.0. The summed E-state index contributed by atoms with van der Waals surface area (Å²) < 4.78 is 11.3. The number of carbonyl (C=O) groups is 2. The van der Waals surface area contributed by atoms with E-state index in [1.165, 1.54) is 0 Å². The van der Waals surface area contributed by atoms with Crippen LogP contribution < -0.4 is 10.1 Å². The molecule has 2 amide bonds. The van der Waals surface area contributed by atoms with Gasteiger partial charge in [0, 0.05) is 24.3 Å². The maximum absolute atomic E-state index is 14.0. The number of hydrogen-bond acceptors (Lipinski definition) is 4. The Balaban J connectivity index is 1.74. The fourth-order valence-electron chi connectivity index (χ4n) is 4.50. The van der Waals surface area contributed by atoms with Crippen molar-refractivity contribution < 1.29 is 19.1 Å². The Hall–Kier alpha value is -3.64. The minimum absolute atomic E-state index is 0.00286. The van der Waals surface area contributed by atoms with Crippen molar-refractivity contribution >= 4 is 11.8 Å². The van der Waals surface area contributed by atoms with Crippen LogP contribution >= 0.6 is 0 Å². The lowest BCUT2D eigenvalue weighted by Gasteiger charge is -2.32. The summed E-state index contributed by atoms with van der Waals surface area (Å²) in [5, 5.41) is 3.06. The number of nitrogens with one attached hydrogen (secondary N) is 1. The molecule has 2 unspecified atom stereocenters. The summed E-state index contributed by atoms with van der Waals surface area (Å²) >= 11 is 0. The Bertz CT molecular complexity index is 1170. The first-order chi connectivity index (χ1) is 17.5. The van der Waals surface area contributed by atoms with Gasteiger partial charge < -0.3 is 19.7 Å². The number of para-hydroxylation sites is 1. The Morgan fingerprint density at radius 2 is 1.67 bits per heavy atom. The molecule has 6 heteroatoms. The second-order valence-electron chi connectivity index (χ2n) is 9.30. The average Bonchev–Trinajstić information content (AvgIpc) is 3.42. The molecule has 1 N–H and O–H groups in total. The fraction of sp³-hybridized carbons (Fsp3) is 0.333. The minimum atomic E-state index is -0.828. The van der Waals surface area contributed by atoms with Gasteiger partial charge in [-0.3, -0.25) is 9.59 Å². The van der Waals surface area contributed by atoms with Crippen LogP contribution in [0.3, 0.4) is 0 Å². The number of amides is 2. The molecule has 0 saturated carbocycles. The molecular weight excluding hydrogens is 452 g/mol. The molecule has 0 spiro atoms. The zero-order valence-electron chi connectivity index (χ0n) is 21.2. The van der Waals surface area contributed by atoms with Crippen LogP contribution in [0, 0.1) is 13.8 Å². The van der Waals surface area contributed by atoms with Crippen LogP contribution in [-0.4, -0.2) is 43.1 Å². The molecule has 6 nitrogen and oxygen atoms in total. The third-order valence-electron chi connectivity index (χ3n) is 6.57. The highest BCUT2D eigenvalue weighted by Crippen LogP contribution is 2.29. The monoisotopic (exact) mass is 486 g/mol. The minimum Gasteiger partial charge on any atom is -0.496 e. The van der Waals surface area contributed by atoms with E-state index in [0.29, 0.717) is 24.5 Å². The lowest BCUT2D eigenvalue weighted by molar-refractivity contribution is -0.126. The highest BCUT2D eigenvalue weighted by molar-refractivity contribution is 5.98. The van der Waals surface area contributed by atoms with Crippen LogP contribution in [0.5, 0.6) is 5.75 Å². The highest BCUT2D eigenvalue weighted by Gasteiger charge is 2.33. The number of aryl methyl sites for hydroxylation is 2. The number of benzene rings is 3. The van der Waals surface area contributed by atoms with Crippen LogP contribution in [0.2, 0.25) is 0 Å². The Morgan fingerprint density at radius 3 is 2.31 bits per heavy atom. The van der Waals surface area contributed by atoms with Crippen LogP contribution in [0.15, 0.2) is 72.8 Å². The van der Waals surface area contributed by atoms with E-state index < -0.39 is 6.04 Å². The van der Waals surface area contributed by atoms with E-state index in [1.807, 2.05) is 86.6 Å². The van der Waals surface area contributed by atoms with Gasteiger partial charge in [0.25, 0.3) is 5.91 Å². The van der Waals surface area contributed by atoms with E-state index in [1.54, 1.807) is 12.0 Å². The molecule has 0 bridgehead atoms. The molecule has 3 aromatic rings. The number of methoxy groups -OCH3 is 1. The van der Waals surface area contributed by atoms with Crippen molar-refractivity contribution in [1.82, 2.24) is 10.2 Å². The van der Waals surface area contributed by atoms with Crippen molar-refractivity contribution in [2.75, 3.05) is 20.3 Å². The van der Waals surface area contributed by atoms with Crippen molar-refractivity contribution in [3.05, 3.63) is 101 Å². The molecular formula is C30H34N2O4. The molecule has 36 heavy (non-hydrogen) atoms. The van der Waals surface area contributed by atoms with Gasteiger partial charge in [-0.1, -0.05) is 65.7 Å². The van der Waals surface area contributed by atoms with E-state index in [2.05, 4.69) is 5.32 Å². The summed E-state index contributed by atoms with van der Waals surface area (Å²) in [7, 11) is 1.61. The van der Waals surface area contributed by atoms with Crippen molar-refractivity contribution in [2.24, 2.45) is 0 Å². The Kier molecular flexibility index (Phi) is 8.39. The fourth-order valence-corrected chi connectivity index (χ4v) is 4.50. The molecule has 1 aliphatic heterocycles. The van der Waals surface area contributed by atoms with Gasteiger partial charge in [-0.25, -0.2) is 0 Å². The highest BCUT2D eigenvalue weighted by atomic mass is 16.5. The molecule has 0 aromatic heterocycles. The molecule has 1 aliphatic rings. The molecule has 2 atom stereocenters. The molecule has 3 aromatic carbocycles. The third kappa shape index (κ3) is 6.13. The first-order valence-corrected chi connectivity index (χ1v) is 12.4. The maximum atomic E-state index is 14.0. The maximum Gasteiger partial charge on any atom is 0.255 e. The number of carbonyl (C=O) groups excluding carboxylic acids is 2. The standard InChI is InChI=1S/C30H34N2O4/c1-21-10-14-23(15-11-21)28(29(33)31-19-26-8-6-18-36-26)32(20-25-7-4-5-9-27(25)35-3)30(34)24-16-12-22(2)13-17-24/h4-5,7,9-17,26,28H,6,8,18-20H2,1-3H3,(H,31,33). The van der Waals surface area contributed by atoms with Crippen molar-refractivity contribution in [3.63, 3.8) is 0 Å². The first kappa shape index (κ1) is 25.5. The van der Waals surface area contributed by atoms with Gasteiger partial charge in [-0.05, 0) is 50.5 Å². The molecule has 1 saturated heterocycles. The smallest absolute Gasteiger partial charge is 0.255 e. The summed E-state index contributed by atoms with van der Waals surface area (Å²) in [6.07, 6.45) is 1.92. The van der Waals surface area contributed by atoms with Crippen LogP contribution in [-0.2, 0) is 16.1 Å². The van der Waals surface area contributed by atoms with Gasteiger partial charge in [0.15, 0.2) is 0 Å². The lowest BCUT2D eigenvalue weighted by atomic mass is 10.00. The quantitative estimate of drug-likeness (QED) is 0.463. The summed E-state index contributed by atoms with van der Waals surface area (Å²) in [6.45, 7) is 5.33. The molecule has 1 fully saturated rings. The second-order valence-corrected chi connectivity index (χ2v) is 9.30. The summed E-state index contributed by atoms with van der Waals surface area (Å²) in [5.41, 5.74) is 4.25. The Morgan fingerprint density at radius 1 is 1.00 bits per heavy atom. The zero-order chi connectivity index (χ0) is 25.5. The van der Waals surface area contributed by atoms with E-state index in [0.717, 1.165) is 35.1 Å². The van der Waals surface area contributed by atoms with Gasteiger partial charge >= 0.3 is 0 Å². The van der Waals surface area contributed by atoms with Gasteiger partial charge in [0.2, 0.25) is 5.91 Å². The predicted octanol–water partition coefficient (Wildman–Crippen LogP) is 4.99. The molecule has 0 radical (unpaired) electrons. The average molecular weight is 487 g/mol. The van der Waals surface area contributed by atoms with Crippen molar-refractivity contribution in [3.8, 4) is 5.75 Å². The first-order valence-electron chi connectivity index (χ1n) is 12.4. The zero-order valence-corrected chi connectivity index (χ0v) is 21.2. The molecule has 0 aliphatic carbocycles. The molecule has 188 valence electrons. The normalized spacial score (nSPS) is 15.8. The van der Waals surface area contributed by atoms with E-state index in [-0.39, 0.29) is 24.5 Å². The summed E-state index contributed by atoms with van der Waals surface area (Å²) in [4.78, 5) is 29.4. The molecule has 4 rings (SSSR count). The van der Waals surface area contributed by atoms with Gasteiger partial charge in [0.05, 0.1) is 19.8 Å². The largest absolute Gasteiger partial charge is 0.496 e. The number of rotatable bonds is 9. The van der Waals surface area contributed by atoms with Crippen LogP contribution in [0.25, 0.3) is 0 Å². The van der Waals surface area contributed by atoms with Crippen molar-refractivity contribution in [1.29, 1.82) is 0 Å². The SMILES string of the molecule is COc1ccccc1CN(C(=O)c1ccc(C)cc1)C(C(=O)NCC1CCCO1)c1ccc(C)cc1. The van der Waals surface area contributed by atoms with E-state index >= 15 is 0 Å². The lowest BCUT2D eigenvalue weighted by Crippen LogP contribution is -2.45. The topological polar surface area (TPSA) is 67.9 Å². The molecule has 1 heterocycles. The van der Waals surface area contributed by atoms with Gasteiger partial charge in [0.1, 0.15) is 11.8 Å². The van der Waals surface area contributed by atoms with Gasteiger partial charge in [-0.2, -0.15) is 0 Å². The van der Waals surface area contributed by atoms with Gasteiger partial charge in [-0.15, -0.1) is 0 Å². The number of nitrogens with zero attached hydrogens (tertiary/aromatic N) is 1. The summed E-state index contributed by atoms with van der Waals surface area (Å²) in [5.74, 6) is 0.213. The van der Waals surface area contributed by atoms with Crippen LogP contribution in [0.4, 0.5) is 0 Å². The number of hydrogen-bond donors (Lipinski definition) is 1. The van der Waals surface area contributed by atoms with E-state index in [4.69, 9.17) is 9.47 Å². The van der Waals surface area contributed by atoms with Crippen molar-refractivity contribution in [2.45, 2.75) is 45.4 Å².